The van der Waals surface area contributed by atoms with E-state index in [9.17, 15) is 4.79 Å². The van der Waals surface area contributed by atoms with Gasteiger partial charge in [-0.2, -0.15) is 0 Å². The van der Waals surface area contributed by atoms with E-state index in [0.717, 1.165) is 21.5 Å². The molecule has 0 aliphatic carbocycles. The molecule has 3 heterocycles. The maximum absolute atomic E-state index is 12.6. The minimum atomic E-state index is -0.204. The number of fused-ring (bicyclic) bond motifs is 2. The minimum Gasteiger partial charge on any atom is -0.486 e. The number of carbonyl (C=O) groups excluding carboxylic acids is 1. The predicted molar refractivity (Wildman–Crippen MR) is 116 cm³/mol. The molecule has 0 fully saturated rings. The molecule has 1 aliphatic heterocycles. The zero-order valence-electron chi connectivity index (χ0n) is 16.5. The van der Waals surface area contributed by atoms with Crippen molar-refractivity contribution in [2.24, 2.45) is 0 Å². The van der Waals surface area contributed by atoms with Crippen LogP contribution < -0.4 is 15.2 Å². The Morgan fingerprint density at radius 3 is 2.86 bits per heavy atom. The molecule has 9 heteroatoms. The number of ether oxygens (including phenoxy) is 2. The third-order valence-electron chi connectivity index (χ3n) is 4.83. The SMILES string of the molecule is Cc1sc2nc(SCC(=O)N(C)C[C@H]3COc4ccccc4O3)nc(N)c2c1C. The first-order chi connectivity index (χ1) is 13.9. The standard InChI is InChI=1S/C20H22N4O3S2/c1-11-12(2)29-19-17(11)18(21)22-20(23-19)28-10-16(25)24(3)8-13-9-26-14-6-4-5-7-15(14)27-13/h4-7,13H,8-10H2,1-3H3,(H2,21,22,23)/t13-/m0/s1. The van der Waals surface area contributed by atoms with Gasteiger partial charge in [-0.25, -0.2) is 9.97 Å². The van der Waals surface area contributed by atoms with Gasteiger partial charge in [0.1, 0.15) is 17.3 Å². The summed E-state index contributed by atoms with van der Waals surface area (Å²) in [6.45, 7) is 4.92. The molecule has 1 aliphatic rings. The van der Waals surface area contributed by atoms with E-state index in [1.807, 2.05) is 38.1 Å². The number of thioether (sulfide) groups is 1. The van der Waals surface area contributed by atoms with E-state index in [-0.39, 0.29) is 17.8 Å². The number of aryl methyl sites for hydroxylation is 2. The number of amides is 1. The molecule has 0 saturated heterocycles. The monoisotopic (exact) mass is 430 g/mol. The van der Waals surface area contributed by atoms with Gasteiger partial charge in [0.15, 0.2) is 22.8 Å². The fraction of sp³-hybridized carbons (Fsp3) is 0.350. The van der Waals surface area contributed by atoms with Gasteiger partial charge in [-0.05, 0) is 31.5 Å². The van der Waals surface area contributed by atoms with Gasteiger partial charge in [-0.1, -0.05) is 23.9 Å². The summed E-state index contributed by atoms with van der Waals surface area (Å²) < 4.78 is 11.6. The van der Waals surface area contributed by atoms with Crippen molar-refractivity contribution in [3.05, 3.63) is 34.7 Å². The molecule has 0 radical (unpaired) electrons. The van der Waals surface area contributed by atoms with Crippen molar-refractivity contribution < 1.29 is 14.3 Å². The van der Waals surface area contributed by atoms with Gasteiger partial charge in [0.2, 0.25) is 5.91 Å². The van der Waals surface area contributed by atoms with Crippen molar-refractivity contribution in [1.29, 1.82) is 0 Å². The van der Waals surface area contributed by atoms with Crippen molar-refractivity contribution in [3.8, 4) is 11.5 Å². The topological polar surface area (TPSA) is 90.6 Å². The summed E-state index contributed by atoms with van der Waals surface area (Å²) in [5.74, 6) is 2.11. The number of aromatic nitrogens is 2. The number of benzene rings is 1. The summed E-state index contributed by atoms with van der Waals surface area (Å²) in [5.41, 5.74) is 7.23. The highest BCUT2D eigenvalue weighted by molar-refractivity contribution is 7.99. The Morgan fingerprint density at radius 1 is 1.31 bits per heavy atom. The number of hydrogen-bond donors (Lipinski definition) is 1. The number of likely N-dealkylation sites (N-methyl/N-ethyl adjacent to an activating group) is 1. The van der Waals surface area contributed by atoms with Crippen molar-refractivity contribution in [3.63, 3.8) is 0 Å². The Kier molecular flexibility index (Phi) is 5.51. The van der Waals surface area contributed by atoms with E-state index in [0.29, 0.717) is 29.9 Å². The Balaban J connectivity index is 1.35. The molecule has 1 atom stereocenters. The fourth-order valence-corrected chi connectivity index (χ4v) is 5.01. The van der Waals surface area contributed by atoms with Crippen molar-refractivity contribution in [2.75, 3.05) is 31.7 Å². The molecule has 152 valence electrons. The molecule has 0 unspecified atom stereocenters. The second-order valence-corrected chi connectivity index (χ2v) is 9.06. The van der Waals surface area contributed by atoms with Crippen LogP contribution in [0.3, 0.4) is 0 Å². The number of rotatable bonds is 5. The third-order valence-corrected chi connectivity index (χ3v) is 6.76. The molecule has 2 N–H and O–H groups in total. The normalized spacial score (nSPS) is 15.5. The largest absolute Gasteiger partial charge is 0.486 e. The summed E-state index contributed by atoms with van der Waals surface area (Å²) in [7, 11) is 1.76. The first kappa shape index (κ1) is 19.8. The summed E-state index contributed by atoms with van der Waals surface area (Å²) in [5, 5.41) is 1.43. The highest BCUT2D eigenvalue weighted by atomic mass is 32.2. The molecule has 4 rings (SSSR count). The van der Waals surface area contributed by atoms with E-state index in [1.54, 1.807) is 23.3 Å². The second kappa shape index (κ2) is 8.08. The molecule has 1 amide bonds. The van der Waals surface area contributed by atoms with Crippen LogP contribution in [-0.4, -0.2) is 52.8 Å². The maximum Gasteiger partial charge on any atom is 0.232 e. The van der Waals surface area contributed by atoms with Crippen LogP contribution in [0.1, 0.15) is 10.4 Å². The number of carbonyl (C=O) groups is 1. The van der Waals surface area contributed by atoms with Crippen LogP contribution in [0.2, 0.25) is 0 Å². The molecule has 3 aromatic rings. The molecule has 1 aromatic carbocycles. The molecule has 0 saturated carbocycles. The quantitative estimate of drug-likeness (QED) is 0.491. The lowest BCUT2D eigenvalue weighted by atomic mass is 10.2. The number of para-hydroxylation sites is 2. The number of hydrogen-bond acceptors (Lipinski definition) is 8. The van der Waals surface area contributed by atoms with E-state index >= 15 is 0 Å². The van der Waals surface area contributed by atoms with Crippen LogP contribution in [0.4, 0.5) is 5.82 Å². The Labute approximate surface area is 177 Å². The van der Waals surface area contributed by atoms with E-state index in [1.165, 1.54) is 16.6 Å². The molecule has 7 nitrogen and oxygen atoms in total. The number of anilines is 1. The number of thiophene rings is 1. The van der Waals surface area contributed by atoms with Crippen LogP contribution in [-0.2, 0) is 4.79 Å². The van der Waals surface area contributed by atoms with Crippen LogP contribution in [0.25, 0.3) is 10.2 Å². The lowest BCUT2D eigenvalue weighted by molar-refractivity contribution is -0.128. The molecule has 0 spiro atoms. The zero-order chi connectivity index (χ0) is 20.5. The first-order valence-electron chi connectivity index (χ1n) is 9.21. The van der Waals surface area contributed by atoms with E-state index in [4.69, 9.17) is 15.2 Å². The molecular formula is C20H22N4O3S2. The van der Waals surface area contributed by atoms with Crippen molar-refractivity contribution in [2.45, 2.75) is 25.1 Å². The van der Waals surface area contributed by atoms with Crippen LogP contribution >= 0.6 is 23.1 Å². The smallest absolute Gasteiger partial charge is 0.232 e. The van der Waals surface area contributed by atoms with Crippen molar-refractivity contribution >= 4 is 45.0 Å². The van der Waals surface area contributed by atoms with Gasteiger partial charge in [-0.3, -0.25) is 4.79 Å². The van der Waals surface area contributed by atoms with Crippen LogP contribution in [0.5, 0.6) is 11.5 Å². The Hall–Kier alpha value is -2.52. The maximum atomic E-state index is 12.6. The third kappa shape index (κ3) is 4.11. The molecule has 0 bridgehead atoms. The zero-order valence-corrected chi connectivity index (χ0v) is 18.1. The van der Waals surface area contributed by atoms with Gasteiger partial charge in [0.25, 0.3) is 0 Å². The van der Waals surface area contributed by atoms with E-state index in [2.05, 4.69) is 9.97 Å². The second-order valence-electron chi connectivity index (χ2n) is 6.92. The number of nitrogen functional groups attached to an aromatic ring is 1. The highest BCUT2D eigenvalue weighted by Gasteiger charge is 2.24. The average molecular weight is 431 g/mol. The Morgan fingerprint density at radius 2 is 2.07 bits per heavy atom. The van der Waals surface area contributed by atoms with Gasteiger partial charge < -0.3 is 20.1 Å². The summed E-state index contributed by atoms with van der Waals surface area (Å²) in [4.78, 5) is 25.2. The Bertz CT molecular complexity index is 1070. The lowest BCUT2D eigenvalue weighted by Gasteiger charge is -2.29. The number of nitrogens with zero attached hydrogens (tertiary/aromatic N) is 3. The van der Waals surface area contributed by atoms with Crippen LogP contribution in [0, 0.1) is 13.8 Å². The molecule has 29 heavy (non-hydrogen) atoms. The lowest BCUT2D eigenvalue weighted by Crippen LogP contribution is -2.42. The summed E-state index contributed by atoms with van der Waals surface area (Å²) in [6.07, 6.45) is -0.204. The van der Waals surface area contributed by atoms with Gasteiger partial charge in [0, 0.05) is 11.9 Å². The van der Waals surface area contributed by atoms with Gasteiger partial charge >= 0.3 is 0 Å². The molecular weight excluding hydrogens is 408 g/mol. The molecule has 2 aromatic heterocycles. The first-order valence-corrected chi connectivity index (χ1v) is 11.0. The number of nitrogens with two attached hydrogens (primary N) is 1. The fourth-order valence-electron chi connectivity index (χ4n) is 3.12. The summed E-state index contributed by atoms with van der Waals surface area (Å²) >= 11 is 2.89. The predicted octanol–water partition coefficient (Wildman–Crippen LogP) is 3.28. The minimum absolute atomic E-state index is 0.0294. The van der Waals surface area contributed by atoms with Gasteiger partial charge in [-0.15, -0.1) is 11.3 Å². The van der Waals surface area contributed by atoms with Crippen molar-refractivity contribution in [1.82, 2.24) is 14.9 Å². The summed E-state index contributed by atoms with van der Waals surface area (Å²) in [6, 6.07) is 7.54. The van der Waals surface area contributed by atoms with Gasteiger partial charge in [0.05, 0.1) is 17.7 Å². The van der Waals surface area contributed by atoms with E-state index < -0.39 is 0 Å². The average Bonchev–Trinajstić information content (AvgIpc) is 3.00. The van der Waals surface area contributed by atoms with Crippen LogP contribution in [0.15, 0.2) is 29.4 Å². The highest BCUT2D eigenvalue weighted by Crippen LogP contribution is 2.33.